The highest BCUT2D eigenvalue weighted by molar-refractivity contribution is 6.92. The molecule has 4 fully saturated rings. The van der Waals surface area contributed by atoms with Crippen LogP contribution in [0.5, 0.6) is 0 Å². The van der Waals surface area contributed by atoms with Crippen molar-refractivity contribution in [3.63, 3.8) is 0 Å². The minimum absolute atomic E-state index is 0. The zero-order chi connectivity index (χ0) is 41.3. The second kappa shape index (κ2) is 37.1. The van der Waals surface area contributed by atoms with Gasteiger partial charge in [-0.3, -0.25) is 0 Å². The van der Waals surface area contributed by atoms with Gasteiger partial charge in [-0.1, -0.05) is 52.7 Å². The minimum Gasteiger partial charge on any atom is -0.410 e. The first-order valence-electron chi connectivity index (χ1n) is 20.4. The van der Waals surface area contributed by atoms with Gasteiger partial charge in [-0.2, -0.15) is 39.6 Å². The van der Waals surface area contributed by atoms with Gasteiger partial charge in [0.05, 0.1) is 17.1 Å². The highest BCUT2D eigenvalue weighted by Gasteiger charge is 2.24. The molecular formula is C41H81B2ClN8O4P4. The summed E-state index contributed by atoms with van der Waals surface area (Å²) >= 11 is 4.96. The highest BCUT2D eigenvalue weighted by Crippen LogP contribution is 2.28. The van der Waals surface area contributed by atoms with E-state index in [0.29, 0.717) is 23.7 Å². The molecule has 342 valence electrons. The smallest absolute Gasteiger partial charge is 0.205 e. The number of piperidine rings is 4. The Morgan fingerprint density at radius 1 is 0.750 bits per heavy atom. The lowest BCUT2D eigenvalue weighted by molar-refractivity contribution is 0.223. The first-order valence-corrected chi connectivity index (χ1v) is 20.8. The monoisotopic (exact) mass is 931 g/mol. The predicted octanol–water partition coefficient (Wildman–Crippen LogP) is 8.09. The van der Waals surface area contributed by atoms with Crippen LogP contribution in [0.3, 0.4) is 0 Å². The third kappa shape index (κ3) is 26.3. The van der Waals surface area contributed by atoms with Crippen molar-refractivity contribution in [2.24, 2.45) is 11.1 Å². The minimum atomic E-state index is 0. The van der Waals surface area contributed by atoms with Crippen molar-refractivity contribution in [3.8, 4) is 12.3 Å². The average molecular weight is 931 g/mol. The highest BCUT2D eigenvalue weighted by atomic mass is 35.5. The Bertz CT molecular complexity index is 1540. The summed E-state index contributed by atoms with van der Waals surface area (Å²) < 4.78 is 15.8. The Balaban J connectivity index is -0.000000672. The number of nitrogens with zero attached hydrogens (tertiary/aromatic N) is 7. The number of aromatic nitrogens is 3. The molecule has 7 heterocycles. The van der Waals surface area contributed by atoms with Crippen LogP contribution in [-0.4, -0.2) is 122 Å². The SMILES string of the molecule is C#CC1CCCN(C)C1.C/C(Cl)=N/O.C[B]C.C[B]N1CCCC(c2cc(C)no2)C1.Cc1cc(C2CCCN(C)C2)on1.Cc1cc(C2CCCNC2)on1.P.P.P.P. The Labute approximate surface area is 383 Å². The van der Waals surface area contributed by atoms with Gasteiger partial charge in [0.25, 0.3) is 0 Å². The molecule has 60 heavy (non-hydrogen) atoms. The van der Waals surface area contributed by atoms with Gasteiger partial charge in [0.1, 0.15) is 29.7 Å². The molecule has 0 spiro atoms. The van der Waals surface area contributed by atoms with Crippen molar-refractivity contribution < 1.29 is 18.8 Å². The molecule has 3 aromatic rings. The molecule has 0 amide bonds. The fourth-order valence-electron chi connectivity index (χ4n) is 7.00. The molecule has 0 bridgehead atoms. The topological polar surface area (TPSA) is 132 Å². The maximum absolute atomic E-state index is 7.60. The summed E-state index contributed by atoms with van der Waals surface area (Å²) in [6, 6.07) is 6.16. The molecule has 2 radical (unpaired) electrons. The number of hydrogen-bond acceptors (Lipinski definition) is 12. The van der Waals surface area contributed by atoms with Crippen LogP contribution in [0.4, 0.5) is 0 Å². The van der Waals surface area contributed by atoms with E-state index in [2.05, 4.69) is 86.9 Å². The van der Waals surface area contributed by atoms with Gasteiger partial charge in [-0.05, 0) is 126 Å². The molecular weight excluding hydrogens is 849 g/mol. The summed E-state index contributed by atoms with van der Waals surface area (Å²) in [5, 5.41) is 25.4. The van der Waals surface area contributed by atoms with E-state index < -0.39 is 0 Å². The van der Waals surface area contributed by atoms with Crippen LogP contribution in [0.2, 0.25) is 20.5 Å². The molecule has 4 aliphatic rings. The van der Waals surface area contributed by atoms with Crippen molar-refractivity contribution in [2.75, 3.05) is 66.5 Å². The number of hydrogen-bond donors (Lipinski definition) is 2. The molecule has 2 N–H and O–H groups in total. The third-order valence-electron chi connectivity index (χ3n) is 9.88. The predicted molar refractivity (Wildman–Crippen MR) is 275 cm³/mol. The number of likely N-dealkylation sites (tertiary alicyclic amines) is 2. The quantitative estimate of drug-likeness (QED) is 0.0658. The summed E-state index contributed by atoms with van der Waals surface area (Å²) in [7, 11) is 8.45. The fourth-order valence-corrected chi connectivity index (χ4v) is 7.00. The van der Waals surface area contributed by atoms with Crippen LogP contribution in [0.15, 0.2) is 36.9 Å². The lowest BCUT2D eigenvalue weighted by atomic mass is 9.87. The van der Waals surface area contributed by atoms with Crippen LogP contribution in [-0.2, 0) is 0 Å². The molecule has 8 unspecified atom stereocenters. The molecule has 0 aromatic carbocycles. The van der Waals surface area contributed by atoms with Crippen molar-refractivity contribution in [3.05, 3.63) is 52.6 Å². The first-order chi connectivity index (χ1) is 26.9. The van der Waals surface area contributed by atoms with Gasteiger partial charge in [-0.15, -0.1) is 12.3 Å². The lowest BCUT2D eigenvalue weighted by Crippen LogP contribution is -2.35. The zero-order valence-corrected chi connectivity index (χ0v) is 45.0. The number of likely N-dealkylation sites (N-methyl/N-ethyl adjacent to an activating group) is 1. The van der Waals surface area contributed by atoms with Gasteiger partial charge in [-0.25, -0.2) is 0 Å². The van der Waals surface area contributed by atoms with Crippen LogP contribution in [0.25, 0.3) is 0 Å². The summed E-state index contributed by atoms with van der Waals surface area (Å²) in [4.78, 5) is 7.01. The maximum Gasteiger partial charge on any atom is 0.205 e. The van der Waals surface area contributed by atoms with E-state index >= 15 is 0 Å². The van der Waals surface area contributed by atoms with Crippen molar-refractivity contribution in [2.45, 2.75) is 117 Å². The number of nitrogens with one attached hydrogen (secondary N) is 1. The van der Waals surface area contributed by atoms with Gasteiger partial charge in [0.15, 0.2) is 0 Å². The number of oxime groups is 1. The zero-order valence-electron chi connectivity index (χ0n) is 38.6. The van der Waals surface area contributed by atoms with E-state index in [1.165, 1.54) is 77.9 Å². The Morgan fingerprint density at radius 3 is 1.52 bits per heavy atom. The van der Waals surface area contributed by atoms with Crippen LogP contribution in [0.1, 0.15) is 110 Å². The van der Waals surface area contributed by atoms with Crippen molar-refractivity contribution in [1.29, 1.82) is 0 Å². The fraction of sp³-hybridized carbons (Fsp3) is 0.707. The summed E-state index contributed by atoms with van der Waals surface area (Å²) in [6.45, 7) is 22.5. The Morgan fingerprint density at radius 2 is 1.17 bits per heavy atom. The standard InChI is InChI=1S/C10H16BN2O.C10H16N2O.C9H14N2O.C8H13N.C2H6B.C2H4ClNO.4H3P/c1-8-6-10(14-12-8)9-4-3-5-13(7-9)11-2;1-8-6-10(13-11-8)9-4-3-5-12(2)7-9;1-7-5-9(12-11-7)8-3-2-4-10-6-8;1-3-8-5-4-6-9(2)7-8;1-3-2;1-2(3)4-5;;;;/h6,9H,3-5,7H2,1-2H3;6,9H,3-5,7H2,1-2H3;5,8,10H,2-4,6H2,1H3;1,8H,4-7H2,2H3;1-2H3;5H,1H3;4*1H3/b;;;;;4-2-;;;;. The van der Waals surface area contributed by atoms with Gasteiger partial charge in [0.2, 0.25) is 7.41 Å². The van der Waals surface area contributed by atoms with Gasteiger partial charge >= 0.3 is 0 Å². The van der Waals surface area contributed by atoms with Crippen LogP contribution in [0, 0.1) is 39.0 Å². The van der Waals surface area contributed by atoms with Crippen molar-refractivity contribution >= 4 is 71.1 Å². The molecule has 19 heteroatoms. The molecule has 7 rings (SSSR count). The number of aryl methyl sites for hydroxylation is 3. The molecule has 3 aromatic heterocycles. The normalized spacial score (nSPS) is 21.4. The van der Waals surface area contributed by atoms with E-state index in [4.69, 9.17) is 36.8 Å². The third-order valence-corrected chi connectivity index (χ3v) is 9.96. The average Bonchev–Trinajstić information content (AvgIpc) is 3.98. The van der Waals surface area contributed by atoms with Crippen LogP contribution >= 0.6 is 51.2 Å². The van der Waals surface area contributed by atoms with Gasteiger partial charge in [0, 0.05) is 61.5 Å². The lowest BCUT2D eigenvalue weighted by Gasteiger charge is -2.30. The number of rotatable bonds is 4. The molecule has 4 aliphatic heterocycles. The van der Waals surface area contributed by atoms with Gasteiger partial charge < -0.3 is 38.7 Å². The van der Waals surface area contributed by atoms with E-state index in [9.17, 15) is 0 Å². The first kappa shape index (κ1) is 62.9. The Kier molecular flexibility index (Phi) is 38.9. The maximum atomic E-state index is 7.60. The van der Waals surface area contributed by atoms with Crippen LogP contribution < -0.4 is 5.32 Å². The van der Waals surface area contributed by atoms with E-state index in [0.717, 1.165) is 67.1 Å². The van der Waals surface area contributed by atoms with E-state index in [1.807, 2.05) is 47.8 Å². The molecule has 0 saturated carbocycles. The summed E-state index contributed by atoms with van der Waals surface area (Å²) in [5.41, 5.74) is 2.96. The van der Waals surface area contributed by atoms with Crippen molar-refractivity contribution in [1.82, 2.24) is 35.4 Å². The molecule has 0 aliphatic carbocycles. The molecule has 8 atom stereocenters. The number of terminal acetylenes is 1. The summed E-state index contributed by atoms with van der Waals surface area (Å²) in [5.74, 6) is 8.09. The largest absolute Gasteiger partial charge is 0.410 e. The Hall–Kier alpha value is -1.36. The summed E-state index contributed by atoms with van der Waals surface area (Å²) in [6.07, 6.45) is 15.2. The molecule has 4 saturated heterocycles. The van der Waals surface area contributed by atoms with E-state index in [1.54, 1.807) is 0 Å². The second-order valence-corrected chi connectivity index (χ2v) is 15.8. The van der Waals surface area contributed by atoms with E-state index in [-0.39, 0.29) is 44.8 Å². The molecule has 12 nitrogen and oxygen atoms in total. The second-order valence-electron chi connectivity index (χ2n) is 15.3. The number of halogens is 1.